The zero-order valence-corrected chi connectivity index (χ0v) is 9.40. The Morgan fingerprint density at radius 3 is 2.88 bits per heavy atom. The Balaban J connectivity index is 2.12. The second-order valence-corrected chi connectivity index (χ2v) is 4.21. The van der Waals surface area contributed by atoms with Crippen LogP contribution in [0.4, 0.5) is 4.39 Å². The van der Waals surface area contributed by atoms with Gasteiger partial charge in [-0.1, -0.05) is 6.92 Å². The fraction of sp³-hybridized carbons (Fsp3) is 0.700. The predicted molar refractivity (Wildman–Crippen MR) is 58.4 cm³/mol. The Labute approximate surface area is 98.2 Å². The molecule has 0 aromatic carbocycles. The van der Waals surface area contributed by atoms with Crippen LogP contribution in [0.15, 0.2) is 17.3 Å². The lowest BCUT2D eigenvalue weighted by molar-refractivity contribution is -0.120. The highest BCUT2D eigenvalue weighted by Gasteiger charge is 2.46. The standard InChI is InChI=1S/C10H16FN3O3/c1-5-6(4-15)17-9(8(5)11)14-3-2-7(12)13-10(14)16/h2-3,5-6,8-10,15-16H,4H2,1H3,(H2,12,13)/t5-,6+,8-,9+,10?/m0/s1. The van der Waals surface area contributed by atoms with Crippen molar-refractivity contribution in [2.45, 2.75) is 31.8 Å². The smallest absolute Gasteiger partial charge is 0.229 e. The van der Waals surface area contributed by atoms with Crippen LogP contribution in [0.2, 0.25) is 0 Å². The number of aliphatic hydroxyl groups is 2. The van der Waals surface area contributed by atoms with Gasteiger partial charge in [0.1, 0.15) is 12.0 Å². The molecule has 0 aromatic rings. The minimum atomic E-state index is -1.30. The number of nitrogens with zero attached hydrogens (tertiary/aromatic N) is 2. The molecule has 2 aliphatic rings. The number of aliphatic hydroxyl groups excluding tert-OH is 2. The number of nitrogens with two attached hydrogens (primary N) is 1. The van der Waals surface area contributed by atoms with Gasteiger partial charge in [0.05, 0.1) is 12.7 Å². The van der Waals surface area contributed by atoms with Gasteiger partial charge in [0.25, 0.3) is 0 Å². The minimum Gasteiger partial charge on any atom is -0.394 e. The molecule has 2 rings (SSSR count). The summed E-state index contributed by atoms with van der Waals surface area (Å²) < 4.78 is 19.3. The summed E-state index contributed by atoms with van der Waals surface area (Å²) in [5.74, 6) is -0.261. The van der Waals surface area contributed by atoms with Crippen molar-refractivity contribution in [3.8, 4) is 0 Å². The van der Waals surface area contributed by atoms with E-state index in [2.05, 4.69) is 4.99 Å². The zero-order chi connectivity index (χ0) is 12.6. The first-order valence-corrected chi connectivity index (χ1v) is 5.42. The van der Waals surface area contributed by atoms with Crippen molar-refractivity contribution in [3.05, 3.63) is 12.3 Å². The zero-order valence-electron chi connectivity index (χ0n) is 9.40. The first kappa shape index (κ1) is 12.3. The van der Waals surface area contributed by atoms with E-state index < -0.39 is 30.8 Å². The van der Waals surface area contributed by atoms with Gasteiger partial charge < -0.3 is 25.6 Å². The van der Waals surface area contributed by atoms with Crippen LogP contribution < -0.4 is 5.73 Å². The lowest BCUT2D eigenvalue weighted by atomic mass is 10.0. The van der Waals surface area contributed by atoms with Gasteiger partial charge in [0.2, 0.25) is 6.35 Å². The third-order valence-corrected chi connectivity index (χ3v) is 3.10. The molecule has 7 heteroatoms. The van der Waals surface area contributed by atoms with Gasteiger partial charge in [-0.25, -0.2) is 9.38 Å². The molecule has 17 heavy (non-hydrogen) atoms. The molecule has 0 aliphatic carbocycles. The maximum atomic E-state index is 14.0. The Kier molecular flexibility index (Phi) is 3.32. The van der Waals surface area contributed by atoms with E-state index >= 15 is 0 Å². The SMILES string of the molecule is C[C@@H]1[C@H](F)[C@H](N2C=CC(N)=NC2O)O[C@@H]1CO. The van der Waals surface area contributed by atoms with Crippen molar-refractivity contribution in [1.29, 1.82) is 0 Å². The van der Waals surface area contributed by atoms with Gasteiger partial charge in [-0.05, 0) is 6.08 Å². The Morgan fingerprint density at radius 2 is 2.35 bits per heavy atom. The highest BCUT2D eigenvalue weighted by atomic mass is 19.1. The second kappa shape index (κ2) is 4.59. The number of rotatable bonds is 2. The lowest BCUT2D eigenvalue weighted by Crippen LogP contribution is -2.45. The maximum Gasteiger partial charge on any atom is 0.229 e. The molecule has 0 saturated carbocycles. The second-order valence-electron chi connectivity index (χ2n) is 4.21. The van der Waals surface area contributed by atoms with E-state index in [4.69, 9.17) is 15.6 Å². The molecule has 0 radical (unpaired) electrons. The van der Waals surface area contributed by atoms with Crippen LogP contribution in [0.5, 0.6) is 0 Å². The first-order chi connectivity index (χ1) is 8.04. The number of hydrogen-bond acceptors (Lipinski definition) is 6. The van der Waals surface area contributed by atoms with Gasteiger partial charge in [-0.15, -0.1) is 0 Å². The summed E-state index contributed by atoms with van der Waals surface area (Å²) in [6.45, 7) is 1.40. The number of ether oxygens (including phenoxy) is 1. The molecular formula is C10H16FN3O3. The third-order valence-electron chi connectivity index (χ3n) is 3.10. The number of hydrogen-bond donors (Lipinski definition) is 3. The number of amidine groups is 1. The van der Waals surface area contributed by atoms with Crippen molar-refractivity contribution in [3.63, 3.8) is 0 Å². The average molecular weight is 245 g/mol. The van der Waals surface area contributed by atoms with Crippen LogP contribution in [-0.4, -0.2) is 52.4 Å². The van der Waals surface area contributed by atoms with Crippen molar-refractivity contribution >= 4 is 5.84 Å². The van der Waals surface area contributed by atoms with Gasteiger partial charge in [0, 0.05) is 12.1 Å². The van der Waals surface area contributed by atoms with E-state index in [0.717, 1.165) is 0 Å². The molecule has 0 aromatic heterocycles. The van der Waals surface area contributed by atoms with Gasteiger partial charge in [-0.3, -0.25) is 0 Å². The molecular weight excluding hydrogens is 229 g/mol. The monoisotopic (exact) mass is 245 g/mol. The molecule has 1 unspecified atom stereocenters. The van der Waals surface area contributed by atoms with Crippen LogP contribution in [0.3, 0.4) is 0 Å². The van der Waals surface area contributed by atoms with E-state index in [0.29, 0.717) is 0 Å². The quantitative estimate of drug-likeness (QED) is 0.589. The van der Waals surface area contributed by atoms with Crippen molar-refractivity contribution in [1.82, 2.24) is 4.90 Å². The lowest BCUT2D eigenvalue weighted by Gasteiger charge is -2.32. The summed E-state index contributed by atoms with van der Waals surface area (Å²) in [4.78, 5) is 4.94. The maximum absolute atomic E-state index is 14.0. The molecule has 2 aliphatic heterocycles. The highest BCUT2D eigenvalue weighted by Crippen LogP contribution is 2.32. The number of aliphatic imine (C=N–C) groups is 1. The number of halogens is 1. The highest BCUT2D eigenvalue weighted by molar-refractivity contribution is 5.91. The van der Waals surface area contributed by atoms with Gasteiger partial charge >= 0.3 is 0 Å². The van der Waals surface area contributed by atoms with Crippen molar-refractivity contribution in [2.24, 2.45) is 16.6 Å². The van der Waals surface area contributed by atoms with E-state index in [1.165, 1.54) is 17.2 Å². The molecule has 1 fully saturated rings. The Bertz CT molecular complexity index is 350. The molecule has 0 amide bonds. The largest absolute Gasteiger partial charge is 0.394 e. The van der Waals surface area contributed by atoms with E-state index in [9.17, 15) is 9.50 Å². The summed E-state index contributed by atoms with van der Waals surface area (Å²) >= 11 is 0. The summed E-state index contributed by atoms with van der Waals surface area (Å²) in [5.41, 5.74) is 5.40. The first-order valence-electron chi connectivity index (χ1n) is 5.42. The molecule has 0 spiro atoms. The van der Waals surface area contributed by atoms with Crippen LogP contribution >= 0.6 is 0 Å². The summed E-state index contributed by atoms with van der Waals surface area (Å²) in [6, 6.07) is 0. The van der Waals surface area contributed by atoms with Crippen LogP contribution in [-0.2, 0) is 4.74 Å². The molecule has 5 atom stereocenters. The van der Waals surface area contributed by atoms with E-state index in [1.54, 1.807) is 6.92 Å². The van der Waals surface area contributed by atoms with E-state index in [1.807, 2.05) is 0 Å². The van der Waals surface area contributed by atoms with Crippen molar-refractivity contribution in [2.75, 3.05) is 6.61 Å². The topological polar surface area (TPSA) is 91.3 Å². The molecule has 6 nitrogen and oxygen atoms in total. The molecule has 96 valence electrons. The fourth-order valence-electron chi connectivity index (χ4n) is 1.99. The van der Waals surface area contributed by atoms with Crippen LogP contribution in [0, 0.1) is 5.92 Å². The van der Waals surface area contributed by atoms with Gasteiger partial charge in [0.15, 0.2) is 6.23 Å². The fourth-order valence-corrected chi connectivity index (χ4v) is 1.99. The van der Waals surface area contributed by atoms with Crippen molar-refractivity contribution < 1.29 is 19.3 Å². The number of alkyl halides is 1. The third kappa shape index (κ3) is 2.13. The predicted octanol–water partition coefficient (Wildman–Crippen LogP) is -0.860. The Morgan fingerprint density at radius 1 is 1.65 bits per heavy atom. The average Bonchev–Trinajstić information content (AvgIpc) is 2.57. The van der Waals surface area contributed by atoms with E-state index in [-0.39, 0.29) is 12.4 Å². The van der Waals surface area contributed by atoms with Crippen LogP contribution in [0.1, 0.15) is 6.92 Å². The molecule has 2 heterocycles. The summed E-state index contributed by atoms with van der Waals surface area (Å²) in [6.07, 6.45) is -1.19. The minimum absolute atomic E-state index is 0.175. The molecule has 0 bridgehead atoms. The van der Waals surface area contributed by atoms with Crippen LogP contribution in [0.25, 0.3) is 0 Å². The summed E-state index contributed by atoms with van der Waals surface area (Å²) in [5, 5.41) is 18.7. The van der Waals surface area contributed by atoms with Gasteiger partial charge in [-0.2, -0.15) is 0 Å². The normalized spacial score (nSPS) is 41.8. The molecule has 1 saturated heterocycles. The molecule has 4 N–H and O–H groups in total. The summed E-state index contributed by atoms with van der Waals surface area (Å²) in [7, 11) is 0. The Hall–Kier alpha value is -1.18.